The van der Waals surface area contributed by atoms with Crippen LogP contribution in [0.25, 0.3) is 11.3 Å². The van der Waals surface area contributed by atoms with E-state index in [0.29, 0.717) is 16.1 Å². The van der Waals surface area contributed by atoms with Gasteiger partial charge in [0.05, 0.1) is 22.5 Å². The number of carbonyl (C=O) groups excluding carboxylic acids is 1. The van der Waals surface area contributed by atoms with Crippen molar-refractivity contribution in [3.63, 3.8) is 0 Å². The van der Waals surface area contributed by atoms with Crippen molar-refractivity contribution in [1.82, 2.24) is 15.1 Å². The highest BCUT2D eigenvalue weighted by atomic mass is 35.5. The molecule has 2 aromatic carbocycles. The van der Waals surface area contributed by atoms with Gasteiger partial charge in [-0.2, -0.15) is 5.10 Å². The molecule has 0 bridgehead atoms. The molecule has 3 aromatic rings. The summed E-state index contributed by atoms with van der Waals surface area (Å²) < 4.78 is 24.4. The molecule has 10 nitrogen and oxygen atoms in total. The minimum atomic E-state index is -3.31. The normalized spacial score (nSPS) is 21.4. The van der Waals surface area contributed by atoms with Crippen LogP contribution in [0.1, 0.15) is 34.1 Å². The first-order valence-electron chi connectivity index (χ1n) is 10.0. The highest BCUT2D eigenvalue weighted by molar-refractivity contribution is 7.91. The van der Waals surface area contributed by atoms with Crippen molar-refractivity contribution in [2.75, 3.05) is 11.5 Å². The van der Waals surface area contributed by atoms with E-state index in [4.69, 9.17) is 11.6 Å². The molecule has 3 heterocycles. The van der Waals surface area contributed by atoms with Gasteiger partial charge in [-0.1, -0.05) is 23.7 Å². The van der Waals surface area contributed by atoms with Crippen LogP contribution in [0.4, 0.5) is 5.69 Å². The van der Waals surface area contributed by atoms with E-state index in [2.05, 4.69) is 10.2 Å². The van der Waals surface area contributed by atoms with Crippen LogP contribution in [0.5, 0.6) is 5.75 Å². The number of hydrogen-bond acceptors (Lipinski definition) is 7. The fourth-order valence-electron chi connectivity index (χ4n) is 4.58. The molecular weight excluding hydrogens is 472 g/mol. The number of benzene rings is 2. The number of aromatic hydroxyl groups is 1. The monoisotopic (exact) mass is 488 g/mol. The van der Waals surface area contributed by atoms with Gasteiger partial charge in [0.25, 0.3) is 11.6 Å². The smallest absolute Gasteiger partial charge is 0.273 e. The lowest BCUT2D eigenvalue weighted by atomic mass is 9.94. The zero-order valence-electron chi connectivity index (χ0n) is 16.9. The Labute approximate surface area is 192 Å². The van der Waals surface area contributed by atoms with Crippen molar-refractivity contribution in [2.45, 2.75) is 18.5 Å². The molecule has 0 saturated carbocycles. The van der Waals surface area contributed by atoms with Gasteiger partial charge >= 0.3 is 0 Å². The summed E-state index contributed by atoms with van der Waals surface area (Å²) in [5.41, 5.74) is 1.36. The second-order valence-corrected chi connectivity index (χ2v) is 10.7. The van der Waals surface area contributed by atoms with E-state index >= 15 is 0 Å². The summed E-state index contributed by atoms with van der Waals surface area (Å²) in [5.74, 6) is -0.804. The van der Waals surface area contributed by atoms with Gasteiger partial charge in [-0.25, -0.2) is 8.42 Å². The Balaban J connectivity index is 1.72. The average Bonchev–Trinajstić information content (AvgIpc) is 3.43. The average molecular weight is 489 g/mol. The second kappa shape index (κ2) is 7.56. The third-order valence-corrected chi connectivity index (χ3v) is 8.00. The van der Waals surface area contributed by atoms with Gasteiger partial charge < -0.3 is 10.0 Å². The predicted molar refractivity (Wildman–Crippen MR) is 119 cm³/mol. The van der Waals surface area contributed by atoms with Gasteiger partial charge in [0.15, 0.2) is 9.84 Å². The molecule has 0 radical (unpaired) electrons. The van der Waals surface area contributed by atoms with Crippen LogP contribution in [-0.4, -0.2) is 57.0 Å². The van der Waals surface area contributed by atoms with E-state index in [-0.39, 0.29) is 46.3 Å². The summed E-state index contributed by atoms with van der Waals surface area (Å²) in [7, 11) is -3.31. The van der Waals surface area contributed by atoms with Crippen LogP contribution >= 0.6 is 11.6 Å². The van der Waals surface area contributed by atoms with Gasteiger partial charge in [-0.05, 0) is 30.2 Å². The first-order chi connectivity index (χ1) is 15.7. The fourth-order valence-corrected chi connectivity index (χ4v) is 6.46. The first kappa shape index (κ1) is 21.4. The van der Waals surface area contributed by atoms with Crippen molar-refractivity contribution in [3.05, 3.63) is 74.4 Å². The van der Waals surface area contributed by atoms with E-state index in [1.165, 1.54) is 41.3 Å². The maximum atomic E-state index is 13.4. The molecule has 2 N–H and O–H groups in total. The Morgan fingerprint density at radius 3 is 2.73 bits per heavy atom. The molecule has 2 aliphatic heterocycles. The number of phenols is 1. The number of nitro groups is 1. The number of nitrogens with zero attached hydrogens (tertiary/aromatic N) is 3. The third-order valence-electron chi connectivity index (χ3n) is 6.02. The number of non-ortho nitro benzene ring substituents is 1. The summed E-state index contributed by atoms with van der Waals surface area (Å²) in [6.07, 6.45) is 0.259. The molecule has 1 amide bonds. The van der Waals surface area contributed by atoms with E-state index < -0.39 is 32.8 Å². The number of H-pyrrole nitrogens is 1. The van der Waals surface area contributed by atoms with E-state index in [1.54, 1.807) is 6.07 Å². The molecule has 1 aromatic heterocycles. The summed E-state index contributed by atoms with van der Waals surface area (Å²) in [5, 5.41) is 29.1. The second-order valence-electron chi connectivity index (χ2n) is 8.05. The Morgan fingerprint density at radius 2 is 2.03 bits per heavy atom. The fraction of sp³-hybridized carbons (Fsp3) is 0.238. The Bertz CT molecular complexity index is 1420. The SMILES string of the molecule is O=C1c2[nH]nc(-c3cc(Cl)ccc3O)c2C(c2cccc([N+](=O)[O-])c2)N1C1CCS(=O)(=O)C1. The molecule has 1 fully saturated rings. The molecule has 12 heteroatoms. The zero-order valence-corrected chi connectivity index (χ0v) is 18.5. The number of aromatic nitrogens is 2. The quantitative estimate of drug-likeness (QED) is 0.423. The number of fused-ring (bicyclic) bond motifs is 1. The lowest BCUT2D eigenvalue weighted by molar-refractivity contribution is -0.384. The number of carbonyl (C=O) groups is 1. The molecule has 1 saturated heterocycles. The van der Waals surface area contributed by atoms with E-state index in [9.17, 15) is 28.4 Å². The number of sulfone groups is 1. The number of hydrogen-bond donors (Lipinski definition) is 2. The molecule has 0 aliphatic carbocycles. The Hall–Kier alpha value is -3.44. The summed E-state index contributed by atoms with van der Waals surface area (Å²) in [6.45, 7) is 0. The molecule has 2 aliphatic rings. The zero-order chi connectivity index (χ0) is 23.5. The number of phenolic OH excluding ortho intramolecular Hbond substituents is 1. The van der Waals surface area contributed by atoms with Crippen LogP contribution < -0.4 is 0 Å². The predicted octanol–water partition coefficient (Wildman–Crippen LogP) is 3.08. The molecule has 2 atom stereocenters. The van der Waals surface area contributed by atoms with Crippen molar-refractivity contribution in [1.29, 1.82) is 0 Å². The Kier molecular flexibility index (Phi) is 4.91. The van der Waals surface area contributed by atoms with Crippen molar-refractivity contribution < 1.29 is 23.2 Å². The number of rotatable bonds is 4. The van der Waals surface area contributed by atoms with Crippen molar-refractivity contribution in [3.8, 4) is 17.0 Å². The standard InChI is InChI=1S/C21H17ClN4O6S/c22-12-4-5-16(27)15(9-12)18-17-19(24-23-18)21(28)25(14-6-7-33(31,32)10-14)20(17)11-2-1-3-13(8-11)26(29)30/h1-5,8-9,14,20,27H,6-7,10H2,(H,23,24). The van der Waals surface area contributed by atoms with Gasteiger partial charge in [0.2, 0.25) is 0 Å². The first-order valence-corrected chi connectivity index (χ1v) is 12.2. The van der Waals surface area contributed by atoms with Crippen LogP contribution in [0, 0.1) is 10.1 Å². The summed E-state index contributed by atoms with van der Waals surface area (Å²) in [4.78, 5) is 25.8. The highest BCUT2D eigenvalue weighted by Crippen LogP contribution is 2.47. The lowest BCUT2D eigenvalue weighted by Crippen LogP contribution is -2.40. The van der Waals surface area contributed by atoms with Crippen LogP contribution in [0.15, 0.2) is 42.5 Å². The van der Waals surface area contributed by atoms with Gasteiger partial charge in [-0.3, -0.25) is 20.0 Å². The third kappa shape index (κ3) is 3.53. The van der Waals surface area contributed by atoms with Crippen LogP contribution in [-0.2, 0) is 9.84 Å². The maximum Gasteiger partial charge on any atom is 0.273 e. The van der Waals surface area contributed by atoms with Gasteiger partial charge in [0, 0.05) is 34.3 Å². The van der Waals surface area contributed by atoms with Crippen LogP contribution in [0.2, 0.25) is 5.02 Å². The van der Waals surface area contributed by atoms with E-state index in [0.717, 1.165) is 0 Å². The van der Waals surface area contributed by atoms with Gasteiger partial charge in [-0.15, -0.1) is 0 Å². The number of aromatic amines is 1. The van der Waals surface area contributed by atoms with Crippen LogP contribution in [0.3, 0.4) is 0 Å². The number of halogens is 1. The molecule has 5 rings (SSSR count). The molecule has 33 heavy (non-hydrogen) atoms. The minimum absolute atomic E-state index is 0.0444. The highest BCUT2D eigenvalue weighted by Gasteiger charge is 2.48. The maximum absolute atomic E-state index is 13.4. The number of nitrogens with one attached hydrogen (secondary N) is 1. The molecular formula is C21H17ClN4O6S. The van der Waals surface area contributed by atoms with Gasteiger partial charge in [0.1, 0.15) is 17.1 Å². The molecule has 2 unspecified atom stereocenters. The summed E-state index contributed by atoms with van der Waals surface area (Å²) in [6, 6.07) is 8.83. The number of nitro benzene ring substituents is 1. The van der Waals surface area contributed by atoms with E-state index in [1.807, 2.05) is 0 Å². The lowest BCUT2D eigenvalue weighted by Gasteiger charge is -2.31. The van der Waals surface area contributed by atoms with Crippen molar-refractivity contribution in [2.24, 2.45) is 0 Å². The minimum Gasteiger partial charge on any atom is -0.507 e. The molecule has 170 valence electrons. The largest absolute Gasteiger partial charge is 0.507 e. The summed E-state index contributed by atoms with van der Waals surface area (Å²) >= 11 is 6.12. The Morgan fingerprint density at radius 1 is 1.24 bits per heavy atom. The topological polar surface area (TPSA) is 146 Å². The molecule has 0 spiro atoms. The van der Waals surface area contributed by atoms with Crippen molar-refractivity contribution >= 4 is 33.0 Å². The number of amides is 1.